The first-order valence-electron chi connectivity index (χ1n) is 9.70. The number of aryl methyl sites for hydroxylation is 1. The van der Waals surface area contributed by atoms with Crippen LogP contribution in [0.25, 0.3) is 0 Å². The molecule has 3 rings (SSSR count). The fourth-order valence-corrected chi connectivity index (χ4v) is 3.33. The van der Waals surface area contributed by atoms with E-state index in [1.165, 1.54) is 11.0 Å². The Labute approximate surface area is 169 Å². The number of ether oxygens (including phenoxy) is 2. The van der Waals surface area contributed by atoms with Crippen LogP contribution in [0.4, 0.5) is 15.8 Å². The van der Waals surface area contributed by atoms with Crippen LogP contribution in [-0.4, -0.2) is 31.6 Å². The summed E-state index contributed by atoms with van der Waals surface area (Å²) in [5, 5.41) is 2.84. The number of halogens is 1. The Morgan fingerprint density at radius 2 is 1.93 bits per heavy atom. The number of hydrogen-bond acceptors (Lipinski definition) is 4. The van der Waals surface area contributed by atoms with Gasteiger partial charge in [-0.25, -0.2) is 4.39 Å². The number of benzene rings is 2. The zero-order chi connectivity index (χ0) is 21.0. The Hall–Kier alpha value is -3.09. The lowest BCUT2D eigenvalue weighted by atomic mass is 10.1. The lowest BCUT2D eigenvalue weighted by Crippen LogP contribution is -2.28. The molecule has 1 atom stereocenters. The largest absolute Gasteiger partial charge is 0.494 e. The fourth-order valence-electron chi connectivity index (χ4n) is 3.33. The number of rotatable bonds is 7. The highest BCUT2D eigenvalue weighted by Crippen LogP contribution is 2.32. The van der Waals surface area contributed by atoms with E-state index in [2.05, 4.69) is 5.32 Å². The first-order valence-corrected chi connectivity index (χ1v) is 9.70. The van der Waals surface area contributed by atoms with Crippen molar-refractivity contribution in [2.75, 3.05) is 30.0 Å². The minimum Gasteiger partial charge on any atom is -0.494 e. The molecule has 1 unspecified atom stereocenters. The molecular weight excluding hydrogens is 375 g/mol. The molecule has 1 aliphatic heterocycles. The first-order chi connectivity index (χ1) is 13.9. The van der Waals surface area contributed by atoms with Crippen LogP contribution in [0, 0.1) is 18.7 Å². The molecule has 1 saturated heterocycles. The Bertz CT molecular complexity index is 916. The van der Waals surface area contributed by atoms with Crippen LogP contribution in [0.2, 0.25) is 0 Å². The molecule has 2 aromatic carbocycles. The summed E-state index contributed by atoms with van der Waals surface area (Å²) in [6.45, 7) is 6.57. The van der Waals surface area contributed by atoms with Crippen molar-refractivity contribution >= 4 is 23.2 Å². The van der Waals surface area contributed by atoms with Gasteiger partial charge in [0.1, 0.15) is 17.3 Å². The van der Waals surface area contributed by atoms with Crippen molar-refractivity contribution in [1.82, 2.24) is 0 Å². The Balaban J connectivity index is 1.76. The predicted molar refractivity (Wildman–Crippen MR) is 109 cm³/mol. The van der Waals surface area contributed by atoms with Crippen LogP contribution in [0.5, 0.6) is 11.5 Å². The second kappa shape index (κ2) is 8.94. The second-order valence-corrected chi connectivity index (χ2v) is 6.87. The molecule has 1 fully saturated rings. The monoisotopic (exact) mass is 400 g/mol. The third kappa shape index (κ3) is 4.67. The maximum atomic E-state index is 14.3. The van der Waals surface area contributed by atoms with Gasteiger partial charge in [-0.3, -0.25) is 9.59 Å². The van der Waals surface area contributed by atoms with Gasteiger partial charge in [0.2, 0.25) is 11.8 Å². The molecule has 1 N–H and O–H groups in total. The fraction of sp³-hybridized carbons (Fsp3) is 0.364. The summed E-state index contributed by atoms with van der Waals surface area (Å²) in [4.78, 5) is 26.6. The molecule has 2 aromatic rings. The zero-order valence-electron chi connectivity index (χ0n) is 16.8. The van der Waals surface area contributed by atoms with Crippen molar-refractivity contribution in [3.8, 4) is 11.5 Å². The number of carbonyl (C=O) groups excluding carboxylic acids is 2. The van der Waals surface area contributed by atoms with Gasteiger partial charge in [0.05, 0.1) is 30.5 Å². The quantitative estimate of drug-likeness (QED) is 0.765. The molecule has 0 bridgehead atoms. The van der Waals surface area contributed by atoms with Crippen LogP contribution in [0.1, 0.15) is 25.8 Å². The molecule has 0 radical (unpaired) electrons. The minimum absolute atomic E-state index is 0.0221. The first kappa shape index (κ1) is 20.6. The SMILES string of the molecule is CCOc1ccc(OCC)c(NC(=O)C2CC(=O)N(c3ccc(C)cc3F)C2)c1. The smallest absolute Gasteiger partial charge is 0.229 e. The molecule has 6 nitrogen and oxygen atoms in total. The van der Waals surface area contributed by atoms with Crippen LogP contribution < -0.4 is 19.7 Å². The summed E-state index contributed by atoms with van der Waals surface area (Å²) in [6, 6.07) is 9.89. The topological polar surface area (TPSA) is 67.9 Å². The summed E-state index contributed by atoms with van der Waals surface area (Å²) in [5.41, 5.74) is 1.45. The van der Waals surface area contributed by atoms with Gasteiger partial charge in [-0.05, 0) is 50.6 Å². The van der Waals surface area contributed by atoms with Crippen molar-refractivity contribution in [2.24, 2.45) is 5.92 Å². The number of anilines is 2. The Morgan fingerprint density at radius 3 is 2.62 bits per heavy atom. The highest BCUT2D eigenvalue weighted by Gasteiger charge is 2.36. The third-order valence-electron chi connectivity index (χ3n) is 4.71. The number of amides is 2. The third-order valence-corrected chi connectivity index (χ3v) is 4.71. The number of nitrogens with one attached hydrogen (secondary N) is 1. The lowest BCUT2D eigenvalue weighted by Gasteiger charge is -2.18. The standard InChI is InChI=1S/C22H25FN2O4/c1-4-28-16-7-9-20(29-5-2)18(12-16)24-22(27)15-11-21(26)25(13-15)19-8-6-14(3)10-17(19)23/h6-10,12,15H,4-5,11,13H2,1-3H3,(H,24,27). The molecule has 7 heteroatoms. The van der Waals surface area contributed by atoms with Crippen molar-refractivity contribution < 1.29 is 23.5 Å². The molecular formula is C22H25FN2O4. The van der Waals surface area contributed by atoms with E-state index in [-0.39, 0.29) is 30.5 Å². The van der Waals surface area contributed by atoms with Crippen LogP contribution in [-0.2, 0) is 9.59 Å². The van der Waals surface area contributed by atoms with Crippen LogP contribution in [0.15, 0.2) is 36.4 Å². The summed E-state index contributed by atoms with van der Waals surface area (Å²) in [7, 11) is 0. The lowest BCUT2D eigenvalue weighted by molar-refractivity contribution is -0.122. The highest BCUT2D eigenvalue weighted by atomic mass is 19.1. The van der Waals surface area contributed by atoms with Gasteiger partial charge >= 0.3 is 0 Å². The van der Waals surface area contributed by atoms with Crippen molar-refractivity contribution in [2.45, 2.75) is 27.2 Å². The van der Waals surface area contributed by atoms with E-state index in [1.807, 2.05) is 13.8 Å². The van der Waals surface area contributed by atoms with Crippen molar-refractivity contribution in [3.63, 3.8) is 0 Å². The number of nitrogens with zero attached hydrogens (tertiary/aromatic N) is 1. The van der Waals surface area contributed by atoms with Gasteiger partial charge in [0.25, 0.3) is 0 Å². The van der Waals surface area contributed by atoms with E-state index < -0.39 is 11.7 Å². The van der Waals surface area contributed by atoms with Gasteiger partial charge in [-0.15, -0.1) is 0 Å². The normalized spacial score (nSPS) is 16.1. The highest BCUT2D eigenvalue weighted by molar-refractivity contribution is 6.04. The van der Waals surface area contributed by atoms with E-state index in [0.717, 1.165) is 5.56 Å². The van der Waals surface area contributed by atoms with Crippen LogP contribution in [0.3, 0.4) is 0 Å². The average Bonchev–Trinajstić information content (AvgIpc) is 3.06. The summed E-state index contributed by atoms with van der Waals surface area (Å²) < 4.78 is 25.3. The van der Waals surface area contributed by atoms with Crippen molar-refractivity contribution in [3.05, 3.63) is 47.8 Å². The Kier molecular flexibility index (Phi) is 6.36. The van der Waals surface area contributed by atoms with E-state index in [9.17, 15) is 14.0 Å². The molecule has 29 heavy (non-hydrogen) atoms. The molecule has 0 aliphatic carbocycles. The van der Waals surface area contributed by atoms with Gasteiger partial charge in [-0.1, -0.05) is 6.07 Å². The molecule has 154 valence electrons. The number of hydrogen-bond donors (Lipinski definition) is 1. The molecule has 0 saturated carbocycles. The van der Waals surface area contributed by atoms with Crippen LogP contribution >= 0.6 is 0 Å². The van der Waals surface area contributed by atoms with E-state index >= 15 is 0 Å². The van der Waals surface area contributed by atoms with E-state index in [4.69, 9.17) is 9.47 Å². The van der Waals surface area contributed by atoms with Gasteiger partial charge in [0.15, 0.2) is 0 Å². The second-order valence-electron chi connectivity index (χ2n) is 6.87. The van der Waals surface area contributed by atoms with Gasteiger partial charge in [0, 0.05) is 19.0 Å². The predicted octanol–water partition coefficient (Wildman–Crippen LogP) is 3.92. The van der Waals surface area contributed by atoms with Gasteiger partial charge in [-0.2, -0.15) is 0 Å². The summed E-state index contributed by atoms with van der Waals surface area (Å²) in [6.07, 6.45) is 0.0221. The van der Waals surface area contributed by atoms with E-state index in [0.29, 0.717) is 30.4 Å². The summed E-state index contributed by atoms with van der Waals surface area (Å²) in [5.74, 6) is -0.521. The molecule has 1 aliphatic rings. The molecule has 1 heterocycles. The van der Waals surface area contributed by atoms with Gasteiger partial charge < -0.3 is 19.7 Å². The maximum Gasteiger partial charge on any atom is 0.229 e. The molecule has 0 aromatic heterocycles. The summed E-state index contributed by atoms with van der Waals surface area (Å²) >= 11 is 0. The minimum atomic E-state index is -0.589. The maximum absolute atomic E-state index is 14.3. The zero-order valence-corrected chi connectivity index (χ0v) is 16.8. The van der Waals surface area contributed by atoms with E-state index in [1.54, 1.807) is 37.3 Å². The molecule has 2 amide bonds. The van der Waals surface area contributed by atoms with Crippen molar-refractivity contribution in [1.29, 1.82) is 0 Å². The molecule has 0 spiro atoms. The Morgan fingerprint density at radius 1 is 1.17 bits per heavy atom. The average molecular weight is 400 g/mol. The number of carbonyl (C=O) groups is 2.